The van der Waals surface area contributed by atoms with E-state index >= 15 is 0 Å². The van der Waals surface area contributed by atoms with Crippen molar-refractivity contribution in [1.82, 2.24) is 9.91 Å². The van der Waals surface area contributed by atoms with Gasteiger partial charge >= 0.3 is 0 Å². The molecule has 0 radical (unpaired) electrons. The number of nitrogens with zero attached hydrogens (tertiary/aromatic N) is 2. The van der Waals surface area contributed by atoms with Crippen LogP contribution in [0.15, 0.2) is 36.4 Å². The van der Waals surface area contributed by atoms with E-state index in [1.807, 2.05) is 41.4 Å². The van der Waals surface area contributed by atoms with Gasteiger partial charge in [-0.2, -0.15) is 0 Å². The first kappa shape index (κ1) is 22.8. The Bertz CT molecular complexity index is 834. The van der Waals surface area contributed by atoms with Crippen molar-refractivity contribution in [2.45, 2.75) is 82.5 Å². The number of hydrogen-bond acceptors (Lipinski definition) is 6. The average molecular weight is 442 g/mol. The van der Waals surface area contributed by atoms with Gasteiger partial charge in [-0.25, -0.2) is 5.01 Å². The largest absolute Gasteiger partial charge is 0.497 e. The number of hydrogen-bond donors (Lipinski definition) is 2. The highest BCUT2D eigenvalue weighted by Crippen LogP contribution is 2.37. The van der Waals surface area contributed by atoms with E-state index in [1.165, 1.54) is 4.90 Å². The summed E-state index contributed by atoms with van der Waals surface area (Å²) in [4.78, 5) is 28.5. The lowest BCUT2D eigenvalue weighted by Gasteiger charge is -2.40. The van der Waals surface area contributed by atoms with E-state index in [4.69, 9.17) is 4.74 Å². The van der Waals surface area contributed by atoms with E-state index in [-0.39, 0.29) is 17.9 Å². The van der Waals surface area contributed by atoms with Crippen LogP contribution in [0.2, 0.25) is 0 Å². The molecule has 1 aromatic carbocycles. The number of anilines is 1. The van der Waals surface area contributed by atoms with E-state index < -0.39 is 24.1 Å². The monoisotopic (exact) mass is 441 g/mol. The highest BCUT2D eigenvalue weighted by molar-refractivity contribution is 6.08. The molecular weight excluding hydrogens is 406 g/mol. The Balaban J connectivity index is 1.63. The summed E-state index contributed by atoms with van der Waals surface area (Å²) in [5.74, 6) is -0.0389. The smallest absolute Gasteiger partial charge is 0.249 e. The fourth-order valence-corrected chi connectivity index (χ4v) is 5.25. The SMILES string of the molecule is CCCCC(O)C1C=CC2C(=O)N(C3CCCCC3)C(=O)C2N1Nc1ccc(OC)cc1. The molecule has 1 aromatic rings. The maximum atomic E-state index is 13.6. The molecule has 7 heteroatoms. The van der Waals surface area contributed by atoms with Crippen LogP contribution in [0.5, 0.6) is 5.75 Å². The molecule has 1 aliphatic carbocycles. The summed E-state index contributed by atoms with van der Waals surface area (Å²) >= 11 is 0. The standard InChI is InChI=1S/C25H35N3O4/c1-3-4-10-22(29)21-16-15-20-23(28(21)26-17-11-13-19(32-2)14-12-17)25(31)27(24(20)30)18-8-6-5-7-9-18/h11-16,18,20-23,26,29H,3-10H2,1-2H3. The molecule has 0 spiro atoms. The third-order valence-electron chi connectivity index (χ3n) is 7.03. The number of methoxy groups -OCH3 is 1. The summed E-state index contributed by atoms with van der Waals surface area (Å²) in [6.45, 7) is 2.09. The van der Waals surface area contributed by atoms with Gasteiger partial charge in [0.25, 0.3) is 0 Å². The van der Waals surface area contributed by atoms with Crippen LogP contribution in [-0.2, 0) is 9.59 Å². The van der Waals surface area contributed by atoms with Gasteiger partial charge in [-0.15, -0.1) is 0 Å². The lowest BCUT2D eigenvalue weighted by Crippen LogP contribution is -2.57. The van der Waals surface area contributed by atoms with Crippen molar-refractivity contribution in [3.05, 3.63) is 36.4 Å². The second-order valence-corrected chi connectivity index (χ2v) is 9.14. The minimum Gasteiger partial charge on any atom is -0.497 e. The number of aliphatic hydroxyl groups is 1. The first-order chi connectivity index (χ1) is 15.5. The Morgan fingerprint density at radius 2 is 1.81 bits per heavy atom. The highest BCUT2D eigenvalue weighted by atomic mass is 16.5. The van der Waals surface area contributed by atoms with Crippen molar-refractivity contribution in [3.63, 3.8) is 0 Å². The molecule has 2 heterocycles. The van der Waals surface area contributed by atoms with Crippen molar-refractivity contribution in [1.29, 1.82) is 0 Å². The molecule has 2 fully saturated rings. The molecule has 2 amide bonds. The Hall–Kier alpha value is -2.38. The lowest BCUT2D eigenvalue weighted by molar-refractivity contribution is -0.143. The molecule has 4 unspecified atom stereocenters. The zero-order valence-electron chi connectivity index (χ0n) is 19.1. The van der Waals surface area contributed by atoms with Gasteiger partial charge in [-0.1, -0.05) is 51.2 Å². The van der Waals surface area contributed by atoms with Crippen molar-refractivity contribution < 1.29 is 19.4 Å². The minimum atomic E-state index is -0.655. The number of benzene rings is 1. The molecule has 3 aliphatic rings. The predicted molar refractivity (Wildman–Crippen MR) is 123 cm³/mol. The van der Waals surface area contributed by atoms with Crippen molar-refractivity contribution in [2.75, 3.05) is 12.5 Å². The van der Waals surface area contributed by atoms with Crippen molar-refractivity contribution in [2.24, 2.45) is 5.92 Å². The molecular formula is C25H35N3O4. The number of carbonyl (C=O) groups excluding carboxylic acids is 2. The van der Waals surface area contributed by atoms with E-state index in [1.54, 1.807) is 7.11 Å². The molecule has 0 bridgehead atoms. The Morgan fingerprint density at radius 1 is 1.09 bits per heavy atom. The summed E-state index contributed by atoms with van der Waals surface area (Å²) in [5.41, 5.74) is 4.13. The number of ether oxygens (including phenoxy) is 1. The van der Waals surface area contributed by atoms with Crippen LogP contribution in [-0.4, -0.2) is 58.2 Å². The number of likely N-dealkylation sites (tertiary alicyclic amines) is 1. The number of amides is 2. The third-order valence-corrected chi connectivity index (χ3v) is 7.03. The first-order valence-corrected chi connectivity index (χ1v) is 12.0. The van der Waals surface area contributed by atoms with Crippen LogP contribution in [0.1, 0.15) is 58.3 Å². The van der Waals surface area contributed by atoms with Gasteiger partial charge in [0.1, 0.15) is 11.8 Å². The molecule has 2 aliphatic heterocycles. The number of aliphatic hydroxyl groups excluding tert-OH is 1. The molecule has 7 nitrogen and oxygen atoms in total. The molecule has 0 aromatic heterocycles. The fraction of sp³-hybridized carbons (Fsp3) is 0.600. The number of carbonyl (C=O) groups is 2. The molecule has 1 saturated heterocycles. The summed E-state index contributed by atoms with van der Waals surface area (Å²) in [6, 6.07) is 6.39. The summed E-state index contributed by atoms with van der Waals surface area (Å²) in [6.07, 6.45) is 10.7. The van der Waals surface area contributed by atoms with Crippen LogP contribution >= 0.6 is 0 Å². The van der Waals surface area contributed by atoms with Gasteiger partial charge in [0, 0.05) is 11.7 Å². The number of nitrogens with one attached hydrogen (secondary N) is 1. The Labute approximate surface area is 190 Å². The van der Waals surface area contributed by atoms with E-state index in [2.05, 4.69) is 12.3 Å². The van der Waals surface area contributed by atoms with Gasteiger partial charge in [0.15, 0.2) is 0 Å². The third kappa shape index (κ3) is 4.41. The lowest BCUT2D eigenvalue weighted by atomic mass is 9.91. The van der Waals surface area contributed by atoms with Gasteiger partial charge in [0.05, 0.1) is 25.2 Å². The molecule has 4 rings (SSSR count). The Morgan fingerprint density at radius 3 is 2.47 bits per heavy atom. The maximum Gasteiger partial charge on any atom is 0.249 e. The predicted octanol–water partition coefficient (Wildman–Crippen LogP) is 3.50. The van der Waals surface area contributed by atoms with E-state index in [9.17, 15) is 14.7 Å². The number of unbranched alkanes of at least 4 members (excludes halogenated alkanes) is 1. The van der Waals surface area contributed by atoms with Gasteiger partial charge in [-0.3, -0.25) is 14.5 Å². The first-order valence-electron chi connectivity index (χ1n) is 12.0. The zero-order valence-corrected chi connectivity index (χ0v) is 19.1. The normalized spacial score (nSPS) is 27.5. The number of fused-ring (bicyclic) bond motifs is 1. The number of imide groups is 1. The second kappa shape index (κ2) is 10.0. The van der Waals surface area contributed by atoms with Gasteiger partial charge in [0.2, 0.25) is 11.8 Å². The summed E-state index contributed by atoms with van der Waals surface area (Å²) in [7, 11) is 1.62. The quantitative estimate of drug-likeness (QED) is 0.475. The maximum absolute atomic E-state index is 13.6. The molecule has 174 valence electrons. The van der Waals surface area contributed by atoms with E-state index in [0.29, 0.717) is 6.42 Å². The van der Waals surface area contributed by atoms with Crippen LogP contribution in [0.4, 0.5) is 5.69 Å². The topological polar surface area (TPSA) is 82.1 Å². The zero-order chi connectivity index (χ0) is 22.7. The number of hydrazine groups is 1. The minimum absolute atomic E-state index is 0.00551. The van der Waals surface area contributed by atoms with Crippen LogP contribution in [0, 0.1) is 5.92 Å². The molecule has 2 N–H and O–H groups in total. The summed E-state index contributed by atoms with van der Waals surface area (Å²) < 4.78 is 5.25. The van der Waals surface area contributed by atoms with Crippen LogP contribution < -0.4 is 10.2 Å². The fourth-order valence-electron chi connectivity index (χ4n) is 5.25. The van der Waals surface area contributed by atoms with Gasteiger partial charge in [-0.05, 0) is 43.5 Å². The summed E-state index contributed by atoms with van der Waals surface area (Å²) in [5, 5.41) is 12.8. The van der Waals surface area contributed by atoms with E-state index in [0.717, 1.165) is 56.4 Å². The molecule has 4 atom stereocenters. The Kier molecular flexibility index (Phi) is 7.16. The van der Waals surface area contributed by atoms with Crippen molar-refractivity contribution in [3.8, 4) is 5.75 Å². The van der Waals surface area contributed by atoms with Crippen LogP contribution in [0.25, 0.3) is 0 Å². The van der Waals surface area contributed by atoms with Crippen molar-refractivity contribution >= 4 is 17.5 Å². The highest BCUT2D eigenvalue weighted by Gasteiger charge is 2.55. The van der Waals surface area contributed by atoms with Gasteiger partial charge < -0.3 is 15.3 Å². The average Bonchev–Trinajstić information content (AvgIpc) is 3.08. The second-order valence-electron chi connectivity index (χ2n) is 9.14. The van der Waals surface area contributed by atoms with Crippen LogP contribution in [0.3, 0.4) is 0 Å². The molecule has 32 heavy (non-hydrogen) atoms. The molecule has 1 saturated carbocycles. The number of rotatable bonds is 8.